The Kier molecular flexibility index (Phi) is 5.25. The molecule has 0 N–H and O–H groups in total. The lowest BCUT2D eigenvalue weighted by molar-refractivity contribution is -0.682. The normalized spacial score (nSPS) is 26.6. The summed E-state index contributed by atoms with van der Waals surface area (Å²) in [6.07, 6.45) is 4.25. The molecule has 1 aromatic rings. The van der Waals surface area contributed by atoms with Crippen LogP contribution in [0.1, 0.15) is 44.7 Å². The summed E-state index contributed by atoms with van der Waals surface area (Å²) in [5.74, 6) is 1.32. The van der Waals surface area contributed by atoms with Gasteiger partial charge in [0.1, 0.15) is 13.8 Å². The minimum Gasteiger partial charge on any atom is -0.401 e. The largest absolute Gasteiger partial charge is 0.401 e. The number of aromatic nitrogens is 1. The SMILES string of the molecule is COCO[C@H]1CCCC2=C(Oc3cccc(C)[n+]3C)C(=O)CC[C@@]21C. The molecule has 2 aliphatic rings. The first kappa shape index (κ1) is 18.1. The number of fused-ring (bicyclic) bond motifs is 1. The maximum absolute atomic E-state index is 12.7. The Morgan fingerprint density at radius 1 is 1.32 bits per heavy atom. The first-order valence-corrected chi connectivity index (χ1v) is 8.98. The van der Waals surface area contributed by atoms with Crippen molar-refractivity contribution in [2.45, 2.75) is 52.1 Å². The number of ketones is 1. The molecule has 2 atom stereocenters. The number of allylic oxidation sites excluding steroid dienone is 1. The first-order valence-electron chi connectivity index (χ1n) is 8.98. The summed E-state index contributed by atoms with van der Waals surface area (Å²) in [6, 6.07) is 5.88. The fraction of sp³-hybridized carbons (Fsp3) is 0.600. The molecule has 5 nitrogen and oxygen atoms in total. The molecule has 5 heteroatoms. The molecule has 1 heterocycles. The highest BCUT2D eigenvalue weighted by Gasteiger charge is 2.47. The zero-order valence-corrected chi connectivity index (χ0v) is 15.6. The standard InChI is InChI=1S/C20H28NO4/c1-14-7-5-10-18(21(14)3)25-19-15-8-6-9-17(24-13-23-4)20(15,2)12-11-16(19)22/h5,7,10,17H,6,8-9,11-13H2,1-4H3/q+1/t17-,20-/m0/s1. The maximum Gasteiger partial charge on any atom is 0.373 e. The minimum atomic E-state index is -0.164. The second-order valence-corrected chi connectivity index (χ2v) is 7.27. The third kappa shape index (κ3) is 3.35. The summed E-state index contributed by atoms with van der Waals surface area (Å²) in [6.45, 7) is 4.51. The van der Waals surface area contributed by atoms with E-state index in [0.717, 1.165) is 37.0 Å². The van der Waals surface area contributed by atoms with Crippen LogP contribution in [0.4, 0.5) is 0 Å². The van der Waals surface area contributed by atoms with Crippen molar-refractivity contribution in [3.63, 3.8) is 0 Å². The molecule has 0 aliphatic heterocycles. The van der Waals surface area contributed by atoms with Gasteiger partial charge in [-0.15, -0.1) is 0 Å². The molecule has 0 bridgehead atoms. The Balaban J connectivity index is 1.97. The lowest BCUT2D eigenvalue weighted by Gasteiger charge is -2.45. The number of pyridine rings is 1. The summed E-state index contributed by atoms with van der Waals surface area (Å²) in [5, 5.41) is 0. The highest BCUT2D eigenvalue weighted by Crippen LogP contribution is 2.50. The number of rotatable bonds is 5. The Morgan fingerprint density at radius 3 is 2.88 bits per heavy atom. The van der Waals surface area contributed by atoms with Crippen LogP contribution in [0.25, 0.3) is 0 Å². The molecule has 0 aromatic carbocycles. The number of Topliss-reactive ketones (excluding diaryl/α,β-unsaturated/α-hetero) is 1. The number of ether oxygens (including phenoxy) is 3. The second-order valence-electron chi connectivity index (χ2n) is 7.27. The fourth-order valence-electron chi connectivity index (χ4n) is 4.01. The van der Waals surface area contributed by atoms with Gasteiger partial charge in [0.2, 0.25) is 0 Å². The Morgan fingerprint density at radius 2 is 2.12 bits per heavy atom. The van der Waals surface area contributed by atoms with Crippen LogP contribution in [0.5, 0.6) is 5.88 Å². The van der Waals surface area contributed by atoms with Gasteiger partial charge in [-0.05, 0) is 37.3 Å². The van der Waals surface area contributed by atoms with Gasteiger partial charge in [-0.25, -0.2) is 0 Å². The number of carbonyl (C=O) groups is 1. The van der Waals surface area contributed by atoms with E-state index in [9.17, 15) is 4.79 Å². The van der Waals surface area contributed by atoms with E-state index in [1.54, 1.807) is 7.11 Å². The van der Waals surface area contributed by atoms with Gasteiger partial charge in [-0.3, -0.25) is 4.79 Å². The highest BCUT2D eigenvalue weighted by molar-refractivity contribution is 5.95. The zero-order chi connectivity index (χ0) is 18.0. The first-order chi connectivity index (χ1) is 12.0. The van der Waals surface area contributed by atoms with Gasteiger partial charge in [0, 0.05) is 31.9 Å². The van der Waals surface area contributed by atoms with Crippen LogP contribution in [0, 0.1) is 12.3 Å². The molecule has 0 saturated heterocycles. The van der Waals surface area contributed by atoms with Crippen LogP contribution in [0.3, 0.4) is 0 Å². The number of hydrogen-bond donors (Lipinski definition) is 0. The van der Waals surface area contributed by atoms with E-state index in [0.29, 0.717) is 18.1 Å². The lowest BCUT2D eigenvalue weighted by atomic mass is 9.63. The van der Waals surface area contributed by atoms with Crippen LogP contribution >= 0.6 is 0 Å². The van der Waals surface area contributed by atoms with E-state index >= 15 is 0 Å². The van der Waals surface area contributed by atoms with Gasteiger partial charge in [0.25, 0.3) is 0 Å². The molecular weight excluding hydrogens is 318 g/mol. The number of hydrogen-bond acceptors (Lipinski definition) is 4. The third-order valence-electron chi connectivity index (χ3n) is 5.72. The Hall–Kier alpha value is -1.72. The summed E-state index contributed by atoms with van der Waals surface area (Å²) in [5.41, 5.74) is 2.03. The van der Waals surface area contributed by atoms with E-state index in [1.165, 1.54) is 0 Å². The van der Waals surface area contributed by atoms with Crippen molar-refractivity contribution in [2.24, 2.45) is 12.5 Å². The van der Waals surface area contributed by atoms with Crippen molar-refractivity contribution < 1.29 is 23.6 Å². The zero-order valence-electron chi connectivity index (χ0n) is 15.6. The van der Waals surface area contributed by atoms with Crippen LogP contribution in [0.15, 0.2) is 29.5 Å². The van der Waals surface area contributed by atoms with Gasteiger partial charge < -0.3 is 14.2 Å². The van der Waals surface area contributed by atoms with E-state index in [1.807, 2.05) is 36.7 Å². The van der Waals surface area contributed by atoms with Gasteiger partial charge in [0.15, 0.2) is 17.2 Å². The quantitative estimate of drug-likeness (QED) is 0.607. The number of aryl methyl sites for hydroxylation is 1. The van der Waals surface area contributed by atoms with Crippen molar-refractivity contribution in [3.05, 3.63) is 35.2 Å². The van der Waals surface area contributed by atoms with Crippen molar-refractivity contribution in [3.8, 4) is 5.88 Å². The van der Waals surface area contributed by atoms with E-state index in [4.69, 9.17) is 14.2 Å². The molecule has 0 amide bonds. The maximum atomic E-state index is 12.7. The molecular formula is C20H28NO4+. The molecule has 2 aliphatic carbocycles. The fourth-order valence-corrected chi connectivity index (χ4v) is 4.01. The summed E-state index contributed by atoms with van der Waals surface area (Å²) in [7, 11) is 3.59. The topological polar surface area (TPSA) is 48.6 Å². The van der Waals surface area contributed by atoms with Crippen molar-refractivity contribution in [2.75, 3.05) is 13.9 Å². The van der Waals surface area contributed by atoms with E-state index in [-0.39, 0.29) is 24.1 Å². The second kappa shape index (κ2) is 7.26. The molecule has 25 heavy (non-hydrogen) atoms. The lowest BCUT2D eigenvalue weighted by Crippen LogP contribution is -2.45. The summed E-state index contributed by atoms with van der Waals surface area (Å²) < 4.78 is 19.2. The van der Waals surface area contributed by atoms with Crippen LogP contribution < -0.4 is 9.30 Å². The monoisotopic (exact) mass is 346 g/mol. The molecule has 1 saturated carbocycles. The van der Waals surface area contributed by atoms with Crippen LogP contribution in [-0.4, -0.2) is 25.8 Å². The average Bonchev–Trinajstić information content (AvgIpc) is 2.60. The van der Waals surface area contributed by atoms with Gasteiger partial charge in [-0.1, -0.05) is 6.92 Å². The van der Waals surface area contributed by atoms with E-state index in [2.05, 4.69) is 6.92 Å². The highest BCUT2D eigenvalue weighted by atomic mass is 16.7. The average molecular weight is 346 g/mol. The molecule has 3 rings (SSSR count). The molecule has 1 aromatic heterocycles. The number of nitrogens with zero attached hydrogens (tertiary/aromatic N) is 1. The van der Waals surface area contributed by atoms with Gasteiger partial charge in [-0.2, -0.15) is 4.57 Å². The minimum absolute atomic E-state index is 0.0640. The molecule has 0 radical (unpaired) electrons. The van der Waals surface area contributed by atoms with Gasteiger partial charge in [0.05, 0.1) is 12.2 Å². The molecule has 0 spiro atoms. The Bertz CT molecular complexity index is 697. The summed E-state index contributed by atoms with van der Waals surface area (Å²) >= 11 is 0. The predicted molar refractivity (Wildman–Crippen MR) is 93.0 cm³/mol. The molecule has 0 unspecified atom stereocenters. The van der Waals surface area contributed by atoms with Crippen molar-refractivity contribution in [1.82, 2.24) is 0 Å². The third-order valence-corrected chi connectivity index (χ3v) is 5.72. The van der Waals surface area contributed by atoms with Crippen molar-refractivity contribution in [1.29, 1.82) is 0 Å². The Labute approximate surface area is 149 Å². The van der Waals surface area contributed by atoms with Crippen molar-refractivity contribution >= 4 is 5.78 Å². The number of carbonyl (C=O) groups excluding carboxylic acids is 1. The number of methoxy groups -OCH3 is 1. The molecule has 1 fully saturated rings. The summed E-state index contributed by atoms with van der Waals surface area (Å²) in [4.78, 5) is 12.7. The van der Waals surface area contributed by atoms with Gasteiger partial charge >= 0.3 is 5.88 Å². The predicted octanol–water partition coefficient (Wildman–Crippen LogP) is 2.99. The smallest absolute Gasteiger partial charge is 0.373 e. The van der Waals surface area contributed by atoms with Crippen LogP contribution in [0.2, 0.25) is 0 Å². The van der Waals surface area contributed by atoms with E-state index < -0.39 is 0 Å². The van der Waals surface area contributed by atoms with Crippen LogP contribution in [-0.2, 0) is 21.3 Å². The molecule has 136 valence electrons.